The molecule has 1 heterocycles. The van der Waals surface area contributed by atoms with Crippen molar-refractivity contribution in [2.24, 2.45) is 0 Å². The lowest BCUT2D eigenvalue weighted by Gasteiger charge is -2.35. The maximum Gasteiger partial charge on any atom is 0.123 e. The molecule has 0 saturated carbocycles. The zero-order chi connectivity index (χ0) is 10.7. The van der Waals surface area contributed by atoms with Gasteiger partial charge in [-0.05, 0) is 24.2 Å². The molecule has 0 aliphatic carbocycles. The van der Waals surface area contributed by atoms with E-state index in [4.69, 9.17) is 0 Å². The normalized spacial score (nSPS) is 22.9. The Bertz CT molecular complexity index is 310. The summed E-state index contributed by atoms with van der Waals surface area (Å²) < 4.78 is 12.8. The van der Waals surface area contributed by atoms with Gasteiger partial charge in [0.05, 0.1) is 0 Å². The van der Waals surface area contributed by atoms with E-state index in [0.29, 0.717) is 6.04 Å². The molecule has 0 amide bonds. The Kier molecular flexibility index (Phi) is 3.34. The number of nitrogens with one attached hydrogen (secondary N) is 1. The van der Waals surface area contributed by atoms with Gasteiger partial charge < -0.3 is 5.32 Å². The van der Waals surface area contributed by atoms with Crippen LogP contribution in [0.5, 0.6) is 0 Å². The van der Waals surface area contributed by atoms with E-state index in [1.165, 1.54) is 17.7 Å². The zero-order valence-electron chi connectivity index (χ0n) is 9.04. The first kappa shape index (κ1) is 10.6. The van der Waals surface area contributed by atoms with E-state index >= 15 is 0 Å². The fourth-order valence-electron chi connectivity index (χ4n) is 2.14. The molecule has 1 aliphatic heterocycles. The summed E-state index contributed by atoms with van der Waals surface area (Å²) in [6.45, 7) is 6.29. The van der Waals surface area contributed by atoms with E-state index in [1.807, 2.05) is 12.1 Å². The van der Waals surface area contributed by atoms with Crippen molar-refractivity contribution in [1.82, 2.24) is 10.2 Å². The second kappa shape index (κ2) is 4.73. The highest BCUT2D eigenvalue weighted by molar-refractivity contribution is 5.21. The van der Waals surface area contributed by atoms with Gasteiger partial charge in [0.1, 0.15) is 5.82 Å². The van der Waals surface area contributed by atoms with Crippen molar-refractivity contribution in [3.63, 3.8) is 0 Å². The number of likely N-dealkylation sites (N-methyl/N-ethyl adjacent to an activating group) is 1. The predicted octanol–water partition coefficient (Wildman–Crippen LogP) is 1.79. The molecule has 1 saturated heterocycles. The molecule has 2 nitrogen and oxygen atoms in total. The molecule has 2 rings (SSSR count). The van der Waals surface area contributed by atoms with Crippen molar-refractivity contribution in [2.45, 2.75) is 13.0 Å². The molecular formula is C12H17FN2. The maximum absolute atomic E-state index is 12.8. The molecule has 1 atom stereocenters. The van der Waals surface area contributed by atoms with Gasteiger partial charge >= 0.3 is 0 Å². The Hall–Kier alpha value is -0.930. The number of benzene rings is 1. The lowest BCUT2D eigenvalue weighted by atomic mass is 10.0. The van der Waals surface area contributed by atoms with Crippen molar-refractivity contribution < 1.29 is 4.39 Å². The Morgan fingerprint density at radius 2 is 2.13 bits per heavy atom. The Balaban J connectivity index is 2.16. The van der Waals surface area contributed by atoms with Gasteiger partial charge in [0.15, 0.2) is 0 Å². The molecule has 1 aromatic rings. The van der Waals surface area contributed by atoms with Gasteiger partial charge in [-0.2, -0.15) is 0 Å². The summed E-state index contributed by atoms with van der Waals surface area (Å²) in [4.78, 5) is 2.42. The highest BCUT2D eigenvalue weighted by Gasteiger charge is 2.21. The minimum Gasteiger partial charge on any atom is -0.314 e. The third kappa shape index (κ3) is 2.36. The molecule has 0 radical (unpaired) electrons. The summed E-state index contributed by atoms with van der Waals surface area (Å²) in [6.07, 6.45) is 0. The van der Waals surface area contributed by atoms with Crippen LogP contribution >= 0.6 is 0 Å². The average molecular weight is 208 g/mol. The summed E-state index contributed by atoms with van der Waals surface area (Å²) in [5.41, 5.74) is 1.20. The quantitative estimate of drug-likeness (QED) is 0.797. The third-order valence-corrected chi connectivity index (χ3v) is 3.02. The molecule has 0 aromatic heterocycles. The molecule has 1 aromatic carbocycles. The van der Waals surface area contributed by atoms with Gasteiger partial charge in [-0.3, -0.25) is 4.90 Å². The first-order chi connectivity index (χ1) is 7.31. The van der Waals surface area contributed by atoms with E-state index in [-0.39, 0.29) is 5.82 Å². The predicted molar refractivity (Wildman–Crippen MR) is 59.3 cm³/mol. The number of hydrogen-bond donors (Lipinski definition) is 1. The second-order valence-corrected chi connectivity index (χ2v) is 3.90. The first-order valence-electron chi connectivity index (χ1n) is 5.51. The Morgan fingerprint density at radius 3 is 2.80 bits per heavy atom. The van der Waals surface area contributed by atoms with Crippen LogP contribution < -0.4 is 5.32 Å². The Morgan fingerprint density at radius 1 is 1.40 bits per heavy atom. The summed E-state index contributed by atoms with van der Waals surface area (Å²) in [7, 11) is 0. The number of rotatable bonds is 2. The maximum atomic E-state index is 12.8. The largest absolute Gasteiger partial charge is 0.314 e. The van der Waals surface area contributed by atoms with Crippen LogP contribution in [-0.2, 0) is 0 Å². The van der Waals surface area contributed by atoms with Gasteiger partial charge in [-0.25, -0.2) is 4.39 Å². The van der Waals surface area contributed by atoms with E-state index in [0.717, 1.165) is 26.2 Å². The summed E-state index contributed by atoms with van der Waals surface area (Å²) in [5.74, 6) is -0.162. The number of halogens is 1. The van der Waals surface area contributed by atoms with Gasteiger partial charge in [0.2, 0.25) is 0 Å². The SMILES string of the molecule is CCN1CCNCC1c1ccc(F)cc1. The van der Waals surface area contributed by atoms with Gasteiger partial charge in [0.25, 0.3) is 0 Å². The third-order valence-electron chi connectivity index (χ3n) is 3.02. The topological polar surface area (TPSA) is 15.3 Å². The van der Waals surface area contributed by atoms with Gasteiger partial charge in [-0.15, -0.1) is 0 Å². The first-order valence-corrected chi connectivity index (χ1v) is 5.51. The van der Waals surface area contributed by atoms with Crippen LogP contribution in [0.4, 0.5) is 4.39 Å². The molecule has 15 heavy (non-hydrogen) atoms. The van der Waals surface area contributed by atoms with E-state index in [9.17, 15) is 4.39 Å². The minimum atomic E-state index is -0.162. The standard InChI is InChI=1S/C12H17FN2/c1-2-15-8-7-14-9-12(15)10-3-5-11(13)6-4-10/h3-6,12,14H,2,7-9H2,1H3. The summed E-state index contributed by atoms with van der Waals surface area (Å²) in [5, 5.41) is 3.38. The van der Waals surface area contributed by atoms with E-state index in [2.05, 4.69) is 17.1 Å². The molecule has 3 heteroatoms. The molecule has 1 fully saturated rings. The molecule has 0 bridgehead atoms. The summed E-state index contributed by atoms with van der Waals surface area (Å²) >= 11 is 0. The fraction of sp³-hybridized carbons (Fsp3) is 0.500. The molecule has 1 unspecified atom stereocenters. The second-order valence-electron chi connectivity index (χ2n) is 3.90. The van der Waals surface area contributed by atoms with Crippen LogP contribution in [0.25, 0.3) is 0 Å². The van der Waals surface area contributed by atoms with E-state index in [1.54, 1.807) is 0 Å². The highest BCUT2D eigenvalue weighted by atomic mass is 19.1. The van der Waals surface area contributed by atoms with Crippen LogP contribution in [0.15, 0.2) is 24.3 Å². The Labute approximate surface area is 90.1 Å². The number of piperazine rings is 1. The molecule has 0 spiro atoms. The summed E-state index contributed by atoms with van der Waals surface area (Å²) in [6, 6.07) is 7.24. The van der Waals surface area contributed by atoms with Gasteiger partial charge in [-0.1, -0.05) is 19.1 Å². The van der Waals surface area contributed by atoms with Crippen molar-refractivity contribution in [2.75, 3.05) is 26.2 Å². The molecule has 1 N–H and O–H groups in total. The lowest BCUT2D eigenvalue weighted by Crippen LogP contribution is -2.45. The minimum absolute atomic E-state index is 0.162. The van der Waals surface area contributed by atoms with Crippen molar-refractivity contribution >= 4 is 0 Å². The molecule has 1 aliphatic rings. The zero-order valence-corrected chi connectivity index (χ0v) is 9.04. The van der Waals surface area contributed by atoms with Crippen LogP contribution in [0.1, 0.15) is 18.5 Å². The lowest BCUT2D eigenvalue weighted by molar-refractivity contribution is 0.171. The van der Waals surface area contributed by atoms with Crippen LogP contribution in [-0.4, -0.2) is 31.1 Å². The molecule has 82 valence electrons. The van der Waals surface area contributed by atoms with Crippen molar-refractivity contribution in [3.8, 4) is 0 Å². The monoisotopic (exact) mass is 208 g/mol. The van der Waals surface area contributed by atoms with Crippen molar-refractivity contribution in [1.29, 1.82) is 0 Å². The highest BCUT2D eigenvalue weighted by Crippen LogP contribution is 2.21. The van der Waals surface area contributed by atoms with Gasteiger partial charge in [0, 0.05) is 25.7 Å². The van der Waals surface area contributed by atoms with Crippen LogP contribution in [0.2, 0.25) is 0 Å². The smallest absolute Gasteiger partial charge is 0.123 e. The van der Waals surface area contributed by atoms with E-state index < -0.39 is 0 Å². The average Bonchev–Trinajstić information content (AvgIpc) is 2.30. The van der Waals surface area contributed by atoms with Crippen LogP contribution in [0, 0.1) is 5.82 Å². The van der Waals surface area contributed by atoms with Crippen LogP contribution in [0.3, 0.4) is 0 Å². The molecular weight excluding hydrogens is 191 g/mol. The fourth-order valence-corrected chi connectivity index (χ4v) is 2.14. The van der Waals surface area contributed by atoms with Crippen molar-refractivity contribution in [3.05, 3.63) is 35.6 Å². The number of nitrogens with zero attached hydrogens (tertiary/aromatic N) is 1. The number of hydrogen-bond acceptors (Lipinski definition) is 2.